The summed E-state index contributed by atoms with van der Waals surface area (Å²) in [5.74, 6) is -1.63. The number of halogens is 1. The molecule has 16 heavy (non-hydrogen) atoms. The van der Waals surface area contributed by atoms with Crippen molar-refractivity contribution in [2.24, 2.45) is 0 Å². The quantitative estimate of drug-likeness (QED) is 0.565. The lowest BCUT2D eigenvalue weighted by atomic mass is 10.1. The molecule has 0 saturated carbocycles. The fourth-order valence-corrected chi connectivity index (χ4v) is 1.16. The number of ether oxygens (including phenoxy) is 1. The van der Waals surface area contributed by atoms with Crippen molar-refractivity contribution in [2.45, 2.75) is 19.8 Å². The normalized spacial score (nSPS) is 9.88. The fourth-order valence-electron chi connectivity index (χ4n) is 1.16. The first kappa shape index (κ1) is 12.3. The minimum Gasteiger partial charge on any atom is -0.466 e. The van der Waals surface area contributed by atoms with Crippen LogP contribution in [0, 0.1) is 5.82 Å². The number of ketones is 1. The Labute approximate surface area is 92.4 Å². The SMILES string of the molecule is CCOC(=O)CCC(=O)c1ncccc1F. The van der Waals surface area contributed by atoms with Gasteiger partial charge in [-0.25, -0.2) is 4.39 Å². The smallest absolute Gasteiger partial charge is 0.306 e. The van der Waals surface area contributed by atoms with Crippen molar-refractivity contribution in [1.82, 2.24) is 4.98 Å². The Morgan fingerprint density at radius 2 is 2.19 bits per heavy atom. The summed E-state index contributed by atoms with van der Waals surface area (Å²) >= 11 is 0. The molecule has 0 bridgehead atoms. The first-order chi connectivity index (χ1) is 7.65. The molecule has 1 aromatic rings. The lowest BCUT2D eigenvalue weighted by Gasteiger charge is -2.01. The van der Waals surface area contributed by atoms with Gasteiger partial charge in [-0.2, -0.15) is 0 Å². The average molecular weight is 225 g/mol. The highest BCUT2D eigenvalue weighted by molar-refractivity contribution is 5.96. The van der Waals surface area contributed by atoms with Crippen LogP contribution in [0.3, 0.4) is 0 Å². The van der Waals surface area contributed by atoms with Crippen molar-refractivity contribution in [3.63, 3.8) is 0 Å². The summed E-state index contributed by atoms with van der Waals surface area (Å²) in [6.07, 6.45) is 1.19. The summed E-state index contributed by atoms with van der Waals surface area (Å²) in [6, 6.07) is 2.56. The zero-order valence-electron chi connectivity index (χ0n) is 8.90. The van der Waals surface area contributed by atoms with E-state index in [1.807, 2.05) is 0 Å². The molecule has 0 amide bonds. The van der Waals surface area contributed by atoms with Crippen molar-refractivity contribution in [2.75, 3.05) is 6.61 Å². The molecule has 0 aliphatic carbocycles. The van der Waals surface area contributed by atoms with Gasteiger partial charge in [-0.3, -0.25) is 14.6 Å². The van der Waals surface area contributed by atoms with Crippen molar-refractivity contribution >= 4 is 11.8 Å². The summed E-state index contributed by atoms with van der Waals surface area (Å²) in [7, 11) is 0. The van der Waals surface area contributed by atoms with Gasteiger partial charge in [0.05, 0.1) is 13.0 Å². The third kappa shape index (κ3) is 3.42. The molecule has 1 rings (SSSR count). The number of hydrogen-bond donors (Lipinski definition) is 0. The number of carbonyl (C=O) groups is 2. The number of Topliss-reactive ketones (excluding diaryl/α,β-unsaturated/α-hetero) is 1. The Morgan fingerprint density at radius 3 is 2.81 bits per heavy atom. The topological polar surface area (TPSA) is 56.3 Å². The highest BCUT2D eigenvalue weighted by atomic mass is 19.1. The molecule has 5 heteroatoms. The number of nitrogens with zero attached hydrogens (tertiary/aromatic N) is 1. The molecule has 86 valence electrons. The third-order valence-electron chi connectivity index (χ3n) is 1.88. The van der Waals surface area contributed by atoms with Crippen LogP contribution in [0.5, 0.6) is 0 Å². The molecule has 0 aliphatic rings. The van der Waals surface area contributed by atoms with Crippen molar-refractivity contribution in [3.8, 4) is 0 Å². The second-order valence-corrected chi connectivity index (χ2v) is 3.06. The van der Waals surface area contributed by atoms with E-state index in [1.165, 1.54) is 12.3 Å². The summed E-state index contributed by atoms with van der Waals surface area (Å²) in [5, 5.41) is 0. The molecule has 4 nitrogen and oxygen atoms in total. The average Bonchev–Trinajstić information content (AvgIpc) is 2.27. The molecule has 0 fully saturated rings. The predicted molar refractivity (Wildman–Crippen MR) is 54.4 cm³/mol. The van der Waals surface area contributed by atoms with Gasteiger partial charge in [0.25, 0.3) is 0 Å². The molecular formula is C11H12FNO3. The molecule has 0 spiro atoms. The monoisotopic (exact) mass is 225 g/mol. The maximum absolute atomic E-state index is 13.1. The molecular weight excluding hydrogens is 213 g/mol. The first-order valence-corrected chi connectivity index (χ1v) is 4.94. The van der Waals surface area contributed by atoms with E-state index in [-0.39, 0.29) is 25.1 Å². The molecule has 0 aromatic carbocycles. The first-order valence-electron chi connectivity index (χ1n) is 4.94. The Kier molecular flexibility index (Phi) is 4.57. The van der Waals surface area contributed by atoms with Gasteiger partial charge >= 0.3 is 5.97 Å². The number of carbonyl (C=O) groups excluding carboxylic acids is 2. The highest BCUT2D eigenvalue weighted by Crippen LogP contribution is 2.07. The largest absolute Gasteiger partial charge is 0.466 e. The second-order valence-electron chi connectivity index (χ2n) is 3.06. The van der Waals surface area contributed by atoms with Crippen LogP contribution in [-0.4, -0.2) is 23.3 Å². The maximum atomic E-state index is 13.1. The molecule has 0 unspecified atom stereocenters. The number of aromatic nitrogens is 1. The lowest BCUT2D eigenvalue weighted by molar-refractivity contribution is -0.143. The minimum absolute atomic E-state index is 0.0529. The molecule has 0 N–H and O–H groups in total. The van der Waals surface area contributed by atoms with Crippen LogP contribution >= 0.6 is 0 Å². The standard InChI is InChI=1S/C11H12FNO3/c1-2-16-10(15)6-5-9(14)11-8(12)4-3-7-13-11/h3-4,7H,2,5-6H2,1H3. The number of pyridine rings is 1. The van der Waals surface area contributed by atoms with Gasteiger partial charge in [-0.1, -0.05) is 0 Å². The molecule has 1 aromatic heterocycles. The molecule has 0 aliphatic heterocycles. The molecule has 0 atom stereocenters. The van der Waals surface area contributed by atoms with Crippen LogP contribution in [0.1, 0.15) is 30.3 Å². The van der Waals surface area contributed by atoms with E-state index in [4.69, 9.17) is 0 Å². The van der Waals surface area contributed by atoms with E-state index < -0.39 is 17.6 Å². The van der Waals surface area contributed by atoms with Crippen LogP contribution in [0.2, 0.25) is 0 Å². The van der Waals surface area contributed by atoms with Gasteiger partial charge in [0.2, 0.25) is 0 Å². The van der Waals surface area contributed by atoms with Crippen LogP contribution in [-0.2, 0) is 9.53 Å². The van der Waals surface area contributed by atoms with Gasteiger partial charge in [-0.05, 0) is 19.1 Å². The third-order valence-corrected chi connectivity index (χ3v) is 1.88. The van der Waals surface area contributed by atoms with E-state index in [1.54, 1.807) is 6.92 Å². The maximum Gasteiger partial charge on any atom is 0.306 e. The Morgan fingerprint density at radius 1 is 1.44 bits per heavy atom. The highest BCUT2D eigenvalue weighted by Gasteiger charge is 2.14. The number of hydrogen-bond acceptors (Lipinski definition) is 4. The van der Waals surface area contributed by atoms with Crippen molar-refractivity contribution in [3.05, 3.63) is 29.8 Å². The summed E-state index contributed by atoms with van der Waals surface area (Å²) < 4.78 is 17.8. The van der Waals surface area contributed by atoms with Crippen LogP contribution in [0.4, 0.5) is 4.39 Å². The van der Waals surface area contributed by atoms with E-state index in [0.717, 1.165) is 6.07 Å². The van der Waals surface area contributed by atoms with Crippen molar-refractivity contribution < 1.29 is 18.7 Å². The predicted octanol–water partition coefficient (Wildman–Crippen LogP) is 1.75. The Hall–Kier alpha value is -1.78. The Bertz CT molecular complexity index is 393. The van der Waals surface area contributed by atoms with E-state index in [9.17, 15) is 14.0 Å². The van der Waals surface area contributed by atoms with Gasteiger partial charge < -0.3 is 4.74 Å². The second kappa shape index (κ2) is 5.95. The Balaban J connectivity index is 2.54. The van der Waals surface area contributed by atoms with Crippen LogP contribution < -0.4 is 0 Å². The molecule has 1 heterocycles. The van der Waals surface area contributed by atoms with Gasteiger partial charge in [0.15, 0.2) is 11.6 Å². The molecule has 0 radical (unpaired) electrons. The van der Waals surface area contributed by atoms with E-state index >= 15 is 0 Å². The number of esters is 1. The summed E-state index contributed by atoms with van der Waals surface area (Å²) in [5.41, 5.74) is -0.230. The molecule has 0 saturated heterocycles. The van der Waals surface area contributed by atoms with E-state index in [2.05, 4.69) is 9.72 Å². The number of rotatable bonds is 5. The van der Waals surface area contributed by atoms with Gasteiger partial charge in [-0.15, -0.1) is 0 Å². The zero-order chi connectivity index (χ0) is 12.0. The summed E-state index contributed by atoms with van der Waals surface area (Å²) in [6.45, 7) is 1.95. The summed E-state index contributed by atoms with van der Waals surface area (Å²) in [4.78, 5) is 26.1. The zero-order valence-corrected chi connectivity index (χ0v) is 8.90. The van der Waals surface area contributed by atoms with E-state index in [0.29, 0.717) is 0 Å². The van der Waals surface area contributed by atoms with Gasteiger partial charge in [0.1, 0.15) is 5.69 Å². The minimum atomic E-state index is -0.670. The van der Waals surface area contributed by atoms with Gasteiger partial charge in [0, 0.05) is 12.6 Å². The van der Waals surface area contributed by atoms with Crippen molar-refractivity contribution in [1.29, 1.82) is 0 Å². The fraction of sp³-hybridized carbons (Fsp3) is 0.364. The van der Waals surface area contributed by atoms with Crippen LogP contribution in [0.25, 0.3) is 0 Å². The van der Waals surface area contributed by atoms with Crippen LogP contribution in [0.15, 0.2) is 18.3 Å². The lowest BCUT2D eigenvalue weighted by Crippen LogP contribution is -2.10.